The predicted molar refractivity (Wildman–Crippen MR) is 85.6 cm³/mol. The van der Waals surface area contributed by atoms with Gasteiger partial charge in [0.05, 0.1) is 17.0 Å². The van der Waals surface area contributed by atoms with Gasteiger partial charge < -0.3 is 4.74 Å². The van der Waals surface area contributed by atoms with Gasteiger partial charge in [0.15, 0.2) is 0 Å². The quantitative estimate of drug-likeness (QED) is 0.859. The molecular weight excluding hydrogens is 322 g/mol. The van der Waals surface area contributed by atoms with Crippen LogP contribution < -0.4 is 4.74 Å². The number of halogens is 1. The second-order valence-corrected chi connectivity index (χ2v) is 7.52. The lowest BCUT2D eigenvalue weighted by Gasteiger charge is -2.21. The highest BCUT2D eigenvalue weighted by atomic mass is 35.5. The van der Waals surface area contributed by atoms with Gasteiger partial charge in [0.25, 0.3) is 0 Å². The Bertz CT molecular complexity index is 820. The number of sulfonamides is 1. The molecule has 4 nitrogen and oxygen atoms in total. The summed E-state index contributed by atoms with van der Waals surface area (Å²) in [7, 11) is -2.12. The summed E-state index contributed by atoms with van der Waals surface area (Å²) in [6.45, 7) is 2.28. The zero-order valence-electron chi connectivity index (χ0n) is 12.3. The fourth-order valence-electron chi connectivity index (χ4n) is 2.78. The standard InChI is InChI=1S/C16H16ClNO3S/c1-11-14-6-4-3-5-12(14)10-18(11)22(19,20)13-7-8-16(21-2)15(17)9-13/h3-9,11H,10H2,1-2H3/t11-/m1/s1. The molecule has 1 atom stereocenters. The first-order valence-corrected chi connectivity index (χ1v) is 8.70. The van der Waals surface area contributed by atoms with Gasteiger partial charge in [-0.3, -0.25) is 0 Å². The van der Waals surface area contributed by atoms with Crippen molar-refractivity contribution in [3.8, 4) is 5.75 Å². The van der Waals surface area contributed by atoms with E-state index in [1.54, 1.807) is 6.07 Å². The Kier molecular flexibility index (Phi) is 3.89. The molecule has 0 fully saturated rings. The van der Waals surface area contributed by atoms with E-state index in [0.29, 0.717) is 12.3 Å². The van der Waals surface area contributed by atoms with Crippen LogP contribution in [0, 0.1) is 0 Å². The molecule has 2 aromatic rings. The minimum atomic E-state index is -3.61. The zero-order chi connectivity index (χ0) is 15.9. The molecule has 1 aliphatic heterocycles. The summed E-state index contributed by atoms with van der Waals surface area (Å²) < 4.78 is 32.3. The van der Waals surface area contributed by atoms with Crippen molar-refractivity contribution in [1.82, 2.24) is 4.31 Å². The van der Waals surface area contributed by atoms with Gasteiger partial charge >= 0.3 is 0 Å². The van der Waals surface area contributed by atoms with Crippen LogP contribution in [-0.4, -0.2) is 19.8 Å². The summed E-state index contributed by atoms with van der Waals surface area (Å²) in [5, 5.41) is 0.285. The van der Waals surface area contributed by atoms with Gasteiger partial charge in [-0.05, 0) is 36.2 Å². The Morgan fingerprint density at radius 1 is 1.23 bits per heavy atom. The maximum atomic E-state index is 12.9. The van der Waals surface area contributed by atoms with Gasteiger partial charge in [0.1, 0.15) is 5.75 Å². The van der Waals surface area contributed by atoms with E-state index >= 15 is 0 Å². The number of benzene rings is 2. The smallest absolute Gasteiger partial charge is 0.243 e. The largest absolute Gasteiger partial charge is 0.495 e. The monoisotopic (exact) mass is 337 g/mol. The number of hydrogen-bond donors (Lipinski definition) is 0. The van der Waals surface area contributed by atoms with Gasteiger partial charge in [0, 0.05) is 12.6 Å². The third-order valence-corrected chi connectivity index (χ3v) is 6.20. The molecule has 0 radical (unpaired) electrons. The van der Waals surface area contributed by atoms with Crippen LogP contribution in [0.5, 0.6) is 5.75 Å². The molecule has 22 heavy (non-hydrogen) atoms. The van der Waals surface area contributed by atoms with E-state index < -0.39 is 10.0 Å². The summed E-state index contributed by atoms with van der Waals surface area (Å²) in [6, 6.07) is 12.1. The lowest BCUT2D eigenvalue weighted by molar-refractivity contribution is 0.370. The Morgan fingerprint density at radius 2 is 1.95 bits per heavy atom. The second-order valence-electron chi connectivity index (χ2n) is 5.22. The zero-order valence-corrected chi connectivity index (χ0v) is 13.9. The van der Waals surface area contributed by atoms with Gasteiger partial charge in [-0.15, -0.1) is 0 Å². The van der Waals surface area contributed by atoms with E-state index in [-0.39, 0.29) is 16.0 Å². The summed E-state index contributed by atoms with van der Waals surface area (Å²) in [6.07, 6.45) is 0. The number of methoxy groups -OCH3 is 1. The number of hydrogen-bond acceptors (Lipinski definition) is 3. The Hall–Kier alpha value is -1.56. The summed E-state index contributed by atoms with van der Waals surface area (Å²) in [5.74, 6) is 0.457. The molecule has 0 unspecified atom stereocenters. The van der Waals surface area contributed by atoms with Crippen LogP contribution >= 0.6 is 11.6 Å². The molecule has 0 amide bonds. The van der Waals surface area contributed by atoms with Crippen LogP contribution in [0.2, 0.25) is 5.02 Å². The third-order valence-electron chi connectivity index (χ3n) is 3.99. The highest BCUT2D eigenvalue weighted by Crippen LogP contribution is 2.38. The molecule has 2 aromatic carbocycles. The van der Waals surface area contributed by atoms with Crippen molar-refractivity contribution in [3.63, 3.8) is 0 Å². The van der Waals surface area contributed by atoms with Crippen molar-refractivity contribution < 1.29 is 13.2 Å². The molecule has 3 rings (SSSR count). The van der Waals surface area contributed by atoms with Crippen molar-refractivity contribution in [2.45, 2.75) is 24.4 Å². The maximum Gasteiger partial charge on any atom is 0.243 e. The lowest BCUT2D eigenvalue weighted by Crippen LogP contribution is -2.28. The van der Waals surface area contributed by atoms with Gasteiger partial charge in [-0.25, -0.2) is 8.42 Å². The van der Waals surface area contributed by atoms with Crippen molar-refractivity contribution in [3.05, 3.63) is 58.6 Å². The Labute approximate surface area is 135 Å². The number of rotatable bonds is 3. The minimum Gasteiger partial charge on any atom is -0.495 e. The number of ether oxygens (including phenoxy) is 1. The van der Waals surface area contributed by atoms with Crippen LogP contribution in [0.25, 0.3) is 0 Å². The molecule has 0 saturated carbocycles. The maximum absolute atomic E-state index is 12.9. The first-order chi connectivity index (χ1) is 10.4. The van der Waals surface area contributed by atoms with Crippen LogP contribution in [0.4, 0.5) is 0 Å². The molecule has 1 heterocycles. The van der Waals surface area contributed by atoms with Crippen molar-refractivity contribution in [2.24, 2.45) is 0 Å². The van der Waals surface area contributed by atoms with Crippen LogP contribution in [0.3, 0.4) is 0 Å². The molecular formula is C16H16ClNO3S. The molecule has 6 heteroatoms. The fourth-order valence-corrected chi connectivity index (χ4v) is 4.72. The second kappa shape index (κ2) is 5.57. The van der Waals surface area contributed by atoms with E-state index in [1.165, 1.54) is 23.5 Å². The van der Waals surface area contributed by atoms with Crippen LogP contribution in [-0.2, 0) is 16.6 Å². The highest BCUT2D eigenvalue weighted by Gasteiger charge is 2.36. The van der Waals surface area contributed by atoms with Gasteiger partial charge in [-0.1, -0.05) is 35.9 Å². The van der Waals surface area contributed by atoms with E-state index in [9.17, 15) is 8.42 Å². The normalized spacial score (nSPS) is 18.2. The summed E-state index contributed by atoms with van der Waals surface area (Å²) >= 11 is 6.06. The third kappa shape index (κ3) is 2.39. The average Bonchev–Trinajstić information content (AvgIpc) is 2.85. The fraction of sp³-hybridized carbons (Fsp3) is 0.250. The molecule has 0 saturated heterocycles. The highest BCUT2D eigenvalue weighted by molar-refractivity contribution is 7.89. The van der Waals surface area contributed by atoms with E-state index in [4.69, 9.17) is 16.3 Å². The minimum absolute atomic E-state index is 0.179. The molecule has 0 aliphatic carbocycles. The molecule has 0 bridgehead atoms. The van der Waals surface area contributed by atoms with E-state index in [1.807, 2.05) is 31.2 Å². The van der Waals surface area contributed by atoms with Crippen LogP contribution in [0.1, 0.15) is 24.1 Å². The number of fused-ring (bicyclic) bond motifs is 1. The van der Waals surface area contributed by atoms with Crippen LogP contribution in [0.15, 0.2) is 47.4 Å². The van der Waals surface area contributed by atoms with Crippen molar-refractivity contribution in [1.29, 1.82) is 0 Å². The van der Waals surface area contributed by atoms with E-state index in [0.717, 1.165) is 11.1 Å². The molecule has 0 N–H and O–H groups in total. The Balaban J connectivity index is 2.00. The van der Waals surface area contributed by atoms with Crippen molar-refractivity contribution >= 4 is 21.6 Å². The molecule has 1 aliphatic rings. The lowest BCUT2D eigenvalue weighted by atomic mass is 10.1. The molecule has 116 valence electrons. The van der Waals surface area contributed by atoms with E-state index in [2.05, 4.69) is 0 Å². The Morgan fingerprint density at radius 3 is 2.59 bits per heavy atom. The first kappa shape index (κ1) is 15.3. The SMILES string of the molecule is COc1ccc(S(=O)(=O)N2Cc3ccccc3[C@H]2C)cc1Cl. The topological polar surface area (TPSA) is 46.6 Å². The summed E-state index contributed by atoms with van der Waals surface area (Å²) in [4.78, 5) is 0.179. The van der Waals surface area contributed by atoms with Gasteiger partial charge in [0.2, 0.25) is 10.0 Å². The molecule has 0 aromatic heterocycles. The predicted octanol–water partition coefficient (Wildman–Crippen LogP) is 3.61. The summed E-state index contributed by atoms with van der Waals surface area (Å²) in [5.41, 5.74) is 2.09. The first-order valence-electron chi connectivity index (χ1n) is 6.88. The number of nitrogens with zero attached hydrogens (tertiary/aromatic N) is 1. The average molecular weight is 338 g/mol. The van der Waals surface area contributed by atoms with Gasteiger partial charge in [-0.2, -0.15) is 4.31 Å². The molecule has 0 spiro atoms. The van der Waals surface area contributed by atoms with Crippen molar-refractivity contribution in [2.75, 3.05) is 7.11 Å².